The molecule has 5 nitrogen and oxygen atoms in total. The number of rotatable bonds is 2. The van der Waals surface area contributed by atoms with E-state index < -0.39 is 0 Å². The Morgan fingerprint density at radius 1 is 1.08 bits per heavy atom. The topological polar surface area (TPSA) is 71.8 Å². The molecule has 2 heterocycles. The van der Waals surface area contributed by atoms with Crippen LogP contribution in [0, 0.1) is 24.0 Å². The molecule has 118 valence electrons. The molecule has 0 aliphatic rings. The molecule has 0 bridgehead atoms. The number of nitro benzene ring substituents is 1. The number of fused-ring (bicyclic) bond motifs is 2. The van der Waals surface area contributed by atoms with Gasteiger partial charge < -0.3 is 4.98 Å². The van der Waals surface area contributed by atoms with Crippen molar-refractivity contribution in [3.05, 3.63) is 69.9 Å². The van der Waals surface area contributed by atoms with Crippen LogP contribution in [0.5, 0.6) is 0 Å². The zero-order chi connectivity index (χ0) is 16.8. The van der Waals surface area contributed by atoms with Crippen molar-refractivity contribution in [2.24, 2.45) is 0 Å². The Morgan fingerprint density at radius 3 is 2.71 bits per heavy atom. The first-order valence-electron chi connectivity index (χ1n) is 7.68. The molecule has 0 amide bonds. The number of pyridine rings is 1. The fourth-order valence-corrected chi connectivity index (χ4v) is 3.19. The van der Waals surface area contributed by atoms with Crippen LogP contribution in [-0.4, -0.2) is 14.9 Å². The van der Waals surface area contributed by atoms with E-state index in [0.29, 0.717) is 5.52 Å². The normalized spacial score (nSPS) is 11.2. The molecule has 24 heavy (non-hydrogen) atoms. The number of nitrogens with one attached hydrogen (secondary N) is 1. The van der Waals surface area contributed by atoms with Crippen LogP contribution < -0.4 is 0 Å². The van der Waals surface area contributed by atoms with Crippen LogP contribution in [0.1, 0.15) is 11.3 Å². The molecule has 0 spiro atoms. The Kier molecular flexibility index (Phi) is 3.09. The minimum absolute atomic E-state index is 0.0306. The second kappa shape index (κ2) is 5.16. The van der Waals surface area contributed by atoms with Gasteiger partial charge in [-0.15, -0.1) is 0 Å². The van der Waals surface area contributed by atoms with Crippen LogP contribution in [0.25, 0.3) is 33.1 Å². The fraction of sp³-hybridized carbons (Fsp3) is 0.105. The zero-order valence-electron chi connectivity index (χ0n) is 13.3. The van der Waals surface area contributed by atoms with Crippen LogP contribution in [-0.2, 0) is 0 Å². The van der Waals surface area contributed by atoms with E-state index in [0.717, 1.165) is 38.8 Å². The molecule has 0 radical (unpaired) electrons. The Morgan fingerprint density at radius 2 is 1.92 bits per heavy atom. The van der Waals surface area contributed by atoms with Crippen molar-refractivity contribution < 1.29 is 4.92 Å². The summed E-state index contributed by atoms with van der Waals surface area (Å²) in [7, 11) is 0. The Balaban J connectivity index is 2.04. The first-order chi connectivity index (χ1) is 11.5. The van der Waals surface area contributed by atoms with Crippen molar-refractivity contribution >= 4 is 27.5 Å². The standard InChI is InChI=1S/C19H15N3O2/c1-11-6-8-15-14(10-11)18(12(2)20-15)16-9-7-13-4-3-5-17(22(23)24)19(13)21-16/h3-10,20H,1-2H3. The summed E-state index contributed by atoms with van der Waals surface area (Å²) in [5, 5.41) is 13.1. The predicted molar refractivity (Wildman–Crippen MR) is 95.2 cm³/mol. The molecule has 0 atom stereocenters. The second-order valence-electron chi connectivity index (χ2n) is 5.98. The molecule has 4 aromatic rings. The SMILES string of the molecule is Cc1ccc2[nH]c(C)c(-c3ccc4cccc([N+](=O)[O-])c4n3)c2c1. The Labute approximate surface area is 138 Å². The van der Waals surface area contributed by atoms with Gasteiger partial charge in [0, 0.05) is 33.6 Å². The van der Waals surface area contributed by atoms with Crippen molar-refractivity contribution in [1.29, 1.82) is 0 Å². The number of para-hydroxylation sites is 1. The third-order valence-corrected chi connectivity index (χ3v) is 4.29. The van der Waals surface area contributed by atoms with E-state index in [9.17, 15) is 10.1 Å². The highest BCUT2D eigenvalue weighted by atomic mass is 16.6. The molecule has 2 aromatic carbocycles. The highest BCUT2D eigenvalue weighted by Crippen LogP contribution is 2.34. The Hall–Kier alpha value is -3.21. The first-order valence-corrected chi connectivity index (χ1v) is 7.68. The molecule has 0 saturated carbocycles. The van der Waals surface area contributed by atoms with Gasteiger partial charge >= 0.3 is 0 Å². The number of aromatic amines is 1. The van der Waals surface area contributed by atoms with E-state index in [-0.39, 0.29) is 10.6 Å². The summed E-state index contributed by atoms with van der Waals surface area (Å²) in [6, 6.07) is 15.0. The van der Waals surface area contributed by atoms with Gasteiger partial charge in [0.1, 0.15) is 5.52 Å². The van der Waals surface area contributed by atoms with Gasteiger partial charge in [-0.1, -0.05) is 29.8 Å². The van der Waals surface area contributed by atoms with E-state index in [4.69, 9.17) is 0 Å². The molecule has 0 fully saturated rings. The number of benzene rings is 2. The number of aryl methyl sites for hydroxylation is 2. The smallest absolute Gasteiger partial charge is 0.295 e. The molecule has 0 aliphatic heterocycles. The highest BCUT2D eigenvalue weighted by Gasteiger charge is 2.16. The summed E-state index contributed by atoms with van der Waals surface area (Å²) >= 11 is 0. The van der Waals surface area contributed by atoms with Gasteiger partial charge in [0.2, 0.25) is 0 Å². The van der Waals surface area contributed by atoms with Crippen LogP contribution in [0.3, 0.4) is 0 Å². The van der Waals surface area contributed by atoms with E-state index in [1.165, 1.54) is 6.07 Å². The summed E-state index contributed by atoms with van der Waals surface area (Å²) in [6.07, 6.45) is 0. The summed E-state index contributed by atoms with van der Waals surface area (Å²) in [6.45, 7) is 4.04. The molecule has 4 rings (SSSR count). The number of nitro groups is 1. The maximum absolute atomic E-state index is 11.3. The number of hydrogen-bond acceptors (Lipinski definition) is 3. The number of H-pyrrole nitrogens is 1. The first kappa shape index (κ1) is 14.4. The van der Waals surface area contributed by atoms with Crippen LogP contribution in [0.2, 0.25) is 0 Å². The van der Waals surface area contributed by atoms with Crippen molar-refractivity contribution in [1.82, 2.24) is 9.97 Å². The molecule has 1 N–H and O–H groups in total. The van der Waals surface area contributed by atoms with E-state index >= 15 is 0 Å². The van der Waals surface area contributed by atoms with Gasteiger partial charge in [0.05, 0.1) is 10.6 Å². The molecule has 2 aromatic heterocycles. The maximum atomic E-state index is 11.3. The van der Waals surface area contributed by atoms with Gasteiger partial charge in [0.25, 0.3) is 5.69 Å². The van der Waals surface area contributed by atoms with E-state index in [2.05, 4.69) is 22.1 Å². The third kappa shape index (κ3) is 2.13. The summed E-state index contributed by atoms with van der Waals surface area (Å²) in [4.78, 5) is 18.9. The van der Waals surface area contributed by atoms with Gasteiger partial charge in [0.15, 0.2) is 0 Å². The quantitative estimate of drug-likeness (QED) is 0.422. The van der Waals surface area contributed by atoms with Gasteiger partial charge in [-0.3, -0.25) is 10.1 Å². The largest absolute Gasteiger partial charge is 0.358 e. The number of hydrogen-bond donors (Lipinski definition) is 1. The number of non-ortho nitro benzene ring substituents is 1. The highest BCUT2D eigenvalue weighted by molar-refractivity contribution is 5.98. The molecular weight excluding hydrogens is 302 g/mol. The van der Waals surface area contributed by atoms with Crippen molar-refractivity contribution in [3.63, 3.8) is 0 Å². The molecule has 0 saturated heterocycles. The average molecular weight is 317 g/mol. The lowest BCUT2D eigenvalue weighted by Gasteiger charge is -2.05. The molecule has 0 unspecified atom stereocenters. The number of aromatic nitrogens is 2. The van der Waals surface area contributed by atoms with Crippen LogP contribution in [0.4, 0.5) is 5.69 Å². The molecule has 5 heteroatoms. The fourth-order valence-electron chi connectivity index (χ4n) is 3.19. The minimum Gasteiger partial charge on any atom is -0.358 e. The Bertz CT molecular complexity index is 1110. The van der Waals surface area contributed by atoms with Gasteiger partial charge in [-0.05, 0) is 32.0 Å². The second-order valence-corrected chi connectivity index (χ2v) is 5.98. The average Bonchev–Trinajstić information content (AvgIpc) is 2.88. The lowest BCUT2D eigenvalue weighted by atomic mass is 10.0. The molecular formula is C19H15N3O2. The van der Waals surface area contributed by atoms with Gasteiger partial charge in [-0.25, -0.2) is 4.98 Å². The number of nitrogens with zero attached hydrogens (tertiary/aromatic N) is 2. The van der Waals surface area contributed by atoms with E-state index in [1.54, 1.807) is 6.07 Å². The maximum Gasteiger partial charge on any atom is 0.295 e. The lowest BCUT2D eigenvalue weighted by molar-refractivity contribution is -0.383. The van der Waals surface area contributed by atoms with Crippen LogP contribution in [0.15, 0.2) is 48.5 Å². The predicted octanol–water partition coefficient (Wildman–Crippen LogP) is 4.91. The zero-order valence-corrected chi connectivity index (χ0v) is 13.3. The summed E-state index contributed by atoms with van der Waals surface area (Å²) < 4.78 is 0. The molecule has 0 aliphatic carbocycles. The third-order valence-electron chi connectivity index (χ3n) is 4.29. The van der Waals surface area contributed by atoms with Crippen LogP contribution >= 0.6 is 0 Å². The van der Waals surface area contributed by atoms with Crippen molar-refractivity contribution in [2.75, 3.05) is 0 Å². The van der Waals surface area contributed by atoms with Crippen molar-refractivity contribution in [3.8, 4) is 11.3 Å². The monoisotopic (exact) mass is 317 g/mol. The van der Waals surface area contributed by atoms with Crippen molar-refractivity contribution in [2.45, 2.75) is 13.8 Å². The summed E-state index contributed by atoms with van der Waals surface area (Å²) in [5.74, 6) is 0. The summed E-state index contributed by atoms with van der Waals surface area (Å²) in [5.41, 5.74) is 5.39. The lowest BCUT2D eigenvalue weighted by Crippen LogP contribution is -1.93. The minimum atomic E-state index is -0.384. The van der Waals surface area contributed by atoms with E-state index in [1.807, 2.05) is 38.1 Å². The van der Waals surface area contributed by atoms with Gasteiger partial charge in [-0.2, -0.15) is 0 Å².